The fourth-order valence-corrected chi connectivity index (χ4v) is 4.23. The number of nitrogens with zero attached hydrogens (tertiary/aromatic N) is 1. The van der Waals surface area contributed by atoms with Gasteiger partial charge in [0.1, 0.15) is 23.9 Å². The second-order valence-electron chi connectivity index (χ2n) is 5.21. The van der Waals surface area contributed by atoms with Crippen LogP contribution in [-0.4, -0.2) is 32.9 Å². The van der Waals surface area contributed by atoms with Gasteiger partial charge in [-0.15, -0.1) is 0 Å². The molecule has 2 aromatic rings. The molecule has 1 N–H and O–H groups in total. The molecule has 142 valence electrons. The highest BCUT2D eigenvalue weighted by atomic mass is 127. The summed E-state index contributed by atoms with van der Waals surface area (Å²) in [6, 6.07) is 8.77. The minimum Gasteiger partial charge on any atom is -0.497 e. The van der Waals surface area contributed by atoms with Crippen molar-refractivity contribution in [3.8, 4) is 17.2 Å². The van der Waals surface area contributed by atoms with Gasteiger partial charge in [0.15, 0.2) is 0 Å². The molecular weight excluding hydrogens is 574 g/mol. The van der Waals surface area contributed by atoms with E-state index >= 15 is 0 Å². The lowest BCUT2D eigenvalue weighted by Crippen LogP contribution is -2.17. The van der Waals surface area contributed by atoms with Crippen molar-refractivity contribution >= 4 is 57.3 Å². The summed E-state index contributed by atoms with van der Waals surface area (Å²) in [5.41, 5.74) is 3.74. The molecule has 0 atom stereocenters. The molecule has 0 fully saturated rings. The molecule has 0 aliphatic rings. The Morgan fingerprint density at radius 1 is 1.11 bits per heavy atom. The third kappa shape index (κ3) is 6.09. The van der Waals surface area contributed by atoms with E-state index in [1.54, 1.807) is 30.5 Å². The van der Waals surface area contributed by atoms with Crippen LogP contribution in [0.5, 0.6) is 17.2 Å². The Morgan fingerprint density at radius 3 is 2.22 bits per heavy atom. The van der Waals surface area contributed by atoms with E-state index in [0.717, 1.165) is 18.5 Å². The van der Waals surface area contributed by atoms with Crippen molar-refractivity contribution < 1.29 is 19.0 Å². The van der Waals surface area contributed by atoms with Crippen LogP contribution in [0, 0.1) is 7.14 Å². The number of hydrogen-bond acceptors (Lipinski definition) is 5. The Hall–Kier alpha value is -1.82. The number of methoxy groups -OCH3 is 2. The molecule has 27 heavy (non-hydrogen) atoms. The Labute approximate surface area is 185 Å². The summed E-state index contributed by atoms with van der Waals surface area (Å²) in [7, 11) is 3.06. The maximum atomic E-state index is 12.3. The zero-order valence-electron chi connectivity index (χ0n) is 14.8. The molecule has 0 saturated heterocycles. The van der Waals surface area contributed by atoms with Crippen LogP contribution in [0.3, 0.4) is 0 Å². The predicted octanol–water partition coefficient (Wildman–Crippen LogP) is 4.24. The molecule has 0 saturated carbocycles. The van der Waals surface area contributed by atoms with Crippen molar-refractivity contribution in [3.05, 3.63) is 61.3 Å². The summed E-state index contributed by atoms with van der Waals surface area (Å²) in [4.78, 5) is 12.3. The van der Waals surface area contributed by atoms with Crippen LogP contribution < -0.4 is 19.6 Å². The largest absolute Gasteiger partial charge is 0.497 e. The third-order valence-corrected chi connectivity index (χ3v) is 4.96. The topological polar surface area (TPSA) is 69.2 Å². The zero-order chi connectivity index (χ0) is 19.8. The first kappa shape index (κ1) is 21.5. The van der Waals surface area contributed by atoms with Crippen molar-refractivity contribution in [1.82, 2.24) is 5.43 Å². The summed E-state index contributed by atoms with van der Waals surface area (Å²) in [5.74, 6) is 1.50. The van der Waals surface area contributed by atoms with Gasteiger partial charge in [-0.1, -0.05) is 12.7 Å². The minimum atomic E-state index is -0.362. The van der Waals surface area contributed by atoms with Crippen molar-refractivity contribution in [2.75, 3.05) is 20.8 Å². The normalized spacial score (nSPS) is 10.5. The van der Waals surface area contributed by atoms with Gasteiger partial charge in [0.2, 0.25) is 0 Å². The Morgan fingerprint density at radius 2 is 1.70 bits per heavy atom. The van der Waals surface area contributed by atoms with Gasteiger partial charge < -0.3 is 14.2 Å². The molecule has 0 bridgehead atoms. The molecule has 0 radical (unpaired) electrons. The maximum Gasteiger partial charge on any atom is 0.271 e. The molecule has 2 rings (SSSR count). The second kappa shape index (κ2) is 10.5. The van der Waals surface area contributed by atoms with E-state index in [9.17, 15) is 4.79 Å². The van der Waals surface area contributed by atoms with E-state index in [1.165, 1.54) is 14.2 Å². The number of benzene rings is 2. The van der Waals surface area contributed by atoms with Gasteiger partial charge >= 0.3 is 0 Å². The monoisotopic (exact) mass is 592 g/mol. The van der Waals surface area contributed by atoms with Crippen LogP contribution >= 0.6 is 45.2 Å². The van der Waals surface area contributed by atoms with Gasteiger partial charge in [0.05, 0.1) is 27.6 Å². The van der Waals surface area contributed by atoms with Crippen LogP contribution in [0.1, 0.15) is 15.9 Å². The van der Waals surface area contributed by atoms with Crippen molar-refractivity contribution in [2.45, 2.75) is 0 Å². The van der Waals surface area contributed by atoms with Crippen molar-refractivity contribution in [3.63, 3.8) is 0 Å². The molecule has 1 amide bonds. The van der Waals surface area contributed by atoms with E-state index < -0.39 is 0 Å². The van der Waals surface area contributed by atoms with Crippen LogP contribution in [0.25, 0.3) is 0 Å². The third-order valence-electron chi connectivity index (χ3n) is 3.36. The van der Waals surface area contributed by atoms with Crippen LogP contribution in [-0.2, 0) is 0 Å². The smallest absolute Gasteiger partial charge is 0.271 e. The van der Waals surface area contributed by atoms with Gasteiger partial charge in [-0.05, 0) is 75.0 Å². The lowest BCUT2D eigenvalue weighted by molar-refractivity contribution is 0.0954. The Bertz CT molecular complexity index is 824. The molecule has 0 spiro atoms. The first-order chi connectivity index (χ1) is 13.0. The highest BCUT2D eigenvalue weighted by Crippen LogP contribution is 2.28. The van der Waals surface area contributed by atoms with Crippen LogP contribution in [0.2, 0.25) is 0 Å². The summed E-state index contributed by atoms with van der Waals surface area (Å²) in [6.07, 6.45) is 3.28. The number of amides is 1. The summed E-state index contributed by atoms with van der Waals surface area (Å²) in [5, 5.41) is 4.03. The zero-order valence-corrected chi connectivity index (χ0v) is 19.1. The molecule has 0 aliphatic heterocycles. The molecule has 0 aromatic heterocycles. The second-order valence-corrected chi connectivity index (χ2v) is 7.54. The molecular formula is C19H18I2N2O4. The number of nitrogens with one attached hydrogen (secondary N) is 1. The molecule has 0 unspecified atom stereocenters. The summed E-state index contributed by atoms with van der Waals surface area (Å²) >= 11 is 4.40. The molecule has 0 heterocycles. The van der Waals surface area contributed by atoms with E-state index in [4.69, 9.17) is 14.2 Å². The van der Waals surface area contributed by atoms with Crippen molar-refractivity contribution in [1.29, 1.82) is 0 Å². The highest BCUT2D eigenvalue weighted by Gasteiger charge is 2.10. The maximum absolute atomic E-state index is 12.3. The van der Waals surface area contributed by atoms with Crippen molar-refractivity contribution in [2.24, 2.45) is 5.10 Å². The van der Waals surface area contributed by atoms with Gasteiger partial charge in [-0.25, -0.2) is 5.43 Å². The van der Waals surface area contributed by atoms with Gasteiger partial charge in [0, 0.05) is 11.6 Å². The number of carbonyl (C=O) groups is 1. The average molecular weight is 592 g/mol. The lowest BCUT2D eigenvalue weighted by Gasteiger charge is -2.09. The van der Waals surface area contributed by atoms with Gasteiger partial charge in [-0.2, -0.15) is 5.10 Å². The SMILES string of the molecule is C=CCOc1c(I)cc(/C=N\NC(=O)c2cc(OC)cc(OC)c2)cc1I. The number of halogens is 2. The average Bonchev–Trinajstić information content (AvgIpc) is 2.66. The Kier molecular flexibility index (Phi) is 8.35. The van der Waals surface area contributed by atoms with Gasteiger partial charge in [0.25, 0.3) is 5.91 Å². The summed E-state index contributed by atoms with van der Waals surface area (Å²) < 4.78 is 17.9. The van der Waals surface area contributed by atoms with E-state index in [-0.39, 0.29) is 5.91 Å². The quantitative estimate of drug-likeness (QED) is 0.216. The number of rotatable bonds is 8. The fourth-order valence-electron chi connectivity index (χ4n) is 2.10. The fraction of sp³-hybridized carbons (Fsp3) is 0.158. The number of carbonyl (C=O) groups excluding carboxylic acids is 1. The lowest BCUT2D eigenvalue weighted by atomic mass is 10.2. The van der Waals surface area contributed by atoms with Crippen LogP contribution in [0.4, 0.5) is 0 Å². The van der Waals surface area contributed by atoms with Crippen LogP contribution in [0.15, 0.2) is 48.1 Å². The number of hydrazone groups is 1. The standard InChI is InChI=1S/C19H18I2N2O4/c1-4-5-27-18-16(20)6-12(7-17(18)21)11-22-23-19(24)13-8-14(25-2)10-15(9-13)26-3/h4,6-11H,1,5H2,2-3H3,(H,23,24)/b22-11-. The predicted molar refractivity (Wildman–Crippen MR) is 122 cm³/mol. The number of hydrogen-bond donors (Lipinski definition) is 1. The molecule has 8 heteroatoms. The molecule has 0 aliphatic carbocycles. The highest BCUT2D eigenvalue weighted by molar-refractivity contribution is 14.1. The number of ether oxygens (including phenoxy) is 3. The molecule has 6 nitrogen and oxygen atoms in total. The summed E-state index contributed by atoms with van der Waals surface area (Å²) in [6.45, 7) is 4.09. The van der Waals surface area contributed by atoms with E-state index in [1.807, 2.05) is 12.1 Å². The Balaban J connectivity index is 2.11. The molecule has 2 aromatic carbocycles. The van der Waals surface area contributed by atoms with Gasteiger partial charge in [-0.3, -0.25) is 4.79 Å². The first-order valence-electron chi connectivity index (χ1n) is 7.77. The minimum absolute atomic E-state index is 0.362. The van der Waals surface area contributed by atoms with E-state index in [0.29, 0.717) is 23.7 Å². The van der Waals surface area contributed by atoms with E-state index in [2.05, 4.69) is 62.3 Å². The first-order valence-corrected chi connectivity index (χ1v) is 9.93.